The Morgan fingerprint density at radius 1 is 1.09 bits per heavy atom. The summed E-state index contributed by atoms with van der Waals surface area (Å²) < 4.78 is 19.1. The zero-order valence-electron chi connectivity index (χ0n) is 19.3. The van der Waals surface area contributed by atoms with E-state index in [-0.39, 0.29) is 23.2 Å². The standard InChI is InChI=1S/C23H32N4O3S2/c1-22(2,3)18-11-25-19(30-18)13-32(29)20-12-26-21(31-20)27-17-8-6-16(7-9-17)10-24-14-23(4,5)15-28/h6-9,11-12,24,28H,10,13-15H2,1-5H3,(H,26,27). The lowest BCUT2D eigenvalue weighted by Crippen LogP contribution is -2.31. The summed E-state index contributed by atoms with van der Waals surface area (Å²) >= 11 is 1.36. The molecule has 1 unspecified atom stereocenters. The number of thiazole rings is 1. The highest BCUT2D eigenvalue weighted by molar-refractivity contribution is 7.86. The van der Waals surface area contributed by atoms with Crippen LogP contribution in [0.2, 0.25) is 0 Å². The van der Waals surface area contributed by atoms with E-state index < -0.39 is 10.8 Å². The highest BCUT2D eigenvalue weighted by atomic mass is 32.2. The molecule has 0 aliphatic rings. The van der Waals surface area contributed by atoms with E-state index in [1.807, 2.05) is 38.1 Å². The molecule has 0 aliphatic heterocycles. The zero-order valence-corrected chi connectivity index (χ0v) is 20.9. The summed E-state index contributed by atoms with van der Waals surface area (Å²) in [6.07, 6.45) is 3.34. The molecule has 0 radical (unpaired) electrons. The van der Waals surface area contributed by atoms with Gasteiger partial charge in [0.05, 0.1) is 23.2 Å². The molecule has 2 heterocycles. The molecule has 1 atom stereocenters. The molecule has 7 nitrogen and oxygen atoms in total. The minimum absolute atomic E-state index is 0.129. The third-order valence-corrected chi connectivity index (χ3v) is 7.40. The zero-order chi connectivity index (χ0) is 23.4. The summed E-state index contributed by atoms with van der Waals surface area (Å²) in [6, 6.07) is 8.08. The Morgan fingerprint density at radius 2 is 1.81 bits per heavy atom. The van der Waals surface area contributed by atoms with Crippen molar-refractivity contribution in [3.8, 4) is 0 Å². The largest absolute Gasteiger partial charge is 0.444 e. The van der Waals surface area contributed by atoms with Crippen LogP contribution in [0.25, 0.3) is 0 Å². The molecule has 174 valence electrons. The molecule has 3 N–H and O–H groups in total. The fraction of sp³-hybridized carbons (Fsp3) is 0.478. The molecule has 0 bridgehead atoms. The predicted molar refractivity (Wildman–Crippen MR) is 130 cm³/mol. The Labute approximate surface area is 196 Å². The van der Waals surface area contributed by atoms with Crippen molar-refractivity contribution in [1.82, 2.24) is 15.3 Å². The fourth-order valence-electron chi connectivity index (χ4n) is 2.76. The maximum Gasteiger partial charge on any atom is 0.207 e. The van der Waals surface area contributed by atoms with Gasteiger partial charge in [0.15, 0.2) is 5.13 Å². The van der Waals surface area contributed by atoms with E-state index in [1.54, 1.807) is 12.4 Å². The van der Waals surface area contributed by atoms with Crippen LogP contribution in [0.3, 0.4) is 0 Å². The van der Waals surface area contributed by atoms with Gasteiger partial charge in [-0.15, -0.1) is 0 Å². The van der Waals surface area contributed by atoms with Gasteiger partial charge in [-0.25, -0.2) is 9.97 Å². The van der Waals surface area contributed by atoms with E-state index in [0.29, 0.717) is 15.2 Å². The number of aromatic nitrogens is 2. The summed E-state index contributed by atoms with van der Waals surface area (Å²) in [5, 5.41) is 16.6. The molecule has 0 amide bonds. The molecule has 32 heavy (non-hydrogen) atoms. The second kappa shape index (κ2) is 10.2. The van der Waals surface area contributed by atoms with E-state index in [0.717, 1.165) is 30.1 Å². The van der Waals surface area contributed by atoms with Crippen LogP contribution >= 0.6 is 11.3 Å². The van der Waals surface area contributed by atoms with Crippen LogP contribution in [0.15, 0.2) is 45.3 Å². The van der Waals surface area contributed by atoms with Crippen molar-refractivity contribution in [2.75, 3.05) is 18.5 Å². The summed E-state index contributed by atoms with van der Waals surface area (Å²) in [4.78, 5) is 8.62. The topological polar surface area (TPSA) is 100 Å². The minimum Gasteiger partial charge on any atom is -0.444 e. The van der Waals surface area contributed by atoms with Crippen LogP contribution in [-0.2, 0) is 28.5 Å². The average Bonchev–Trinajstić information content (AvgIpc) is 3.39. The van der Waals surface area contributed by atoms with Gasteiger partial charge in [-0.3, -0.25) is 4.21 Å². The molecule has 9 heteroatoms. The first-order valence-corrected chi connectivity index (χ1v) is 12.7. The first-order chi connectivity index (χ1) is 15.1. The van der Waals surface area contributed by atoms with E-state index in [9.17, 15) is 9.32 Å². The van der Waals surface area contributed by atoms with Crippen molar-refractivity contribution in [1.29, 1.82) is 0 Å². The van der Waals surface area contributed by atoms with Crippen LogP contribution in [0.1, 0.15) is 51.8 Å². The number of hydrogen-bond acceptors (Lipinski definition) is 8. The first kappa shape index (κ1) is 24.6. The van der Waals surface area contributed by atoms with Gasteiger partial charge in [-0.05, 0) is 17.7 Å². The smallest absolute Gasteiger partial charge is 0.207 e. The van der Waals surface area contributed by atoms with Crippen LogP contribution in [0, 0.1) is 5.41 Å². The number of nitrogens with one attached hydrogen (secondary N) is 2. The summed E-state index contributed by atoms with van der Waals surface area (Å²) in [5.41, 5.74) is 1.81. The Kier molecular flexibility index (Phi) is 7.87. The monoisotopic (exact) mass is 476 g/mol. The molecule has 3 rings (SSSR count). The summed E-state index contributed by atoms with van der Waals surface area (Å²) in [5.74, 6) is 1.49. The van der Waals surface area contributed by atoms with Gasteiger partial charge >= 0.3 is 0 Å². The van der Waals surface area contributed by atoms with Gasteiger partial charge in [-0.2, -0.15) is 0 Å². The lowest BCUT2D eigenvalue weighted by atomic mass is 9.94. The van der Waals surface area contributed by atoms with Crippen molar-refractivity contribution < 1.29 is 13.7 Å². The van der Waals surface area contributed by atoms with Gasteiger partial charge in [0.1, 0.15) is 15.7 Å². The summed E-state index contributed by atoms with van der Waals surface area (Å²) in [6.45, 7) is 11.8. The maximum atomic E-state index is 12.7. The van der Waals surface area contributed by atoms with Crippen molar-refractivity contribution in [2.24, 2.45) is 5.41 Å². The first-order valence-electron chi connectivity index (χ1n) is 10.5. The van der Waals surface area contributed by atoms with Crippen molar-refractivity contribution in [3.63, 3.8) is 0 Å². The normalized spacial score (nSPS) is 13.3. The van der Waals surface area contributed by atoms with Crippen LogP contribution in [-0.4, -0.2) is 32.4 Å². The fourth-order valence-corrected chi connectivity index (χ4v) is 4.79. The van der Waals surface area contributed by atoms with Gasteiger partial charge < -0.3 is 20.2 Å². The van der Waals surface area contributed by atoms with E-state index in [1.165, 1.54) is 11.3 Å². The van der Waals surface area contributed by atoms with Gasteiger partial charge in [-0.1, -0.05) is 58.1 Å². The van der Waals surface area contributed by atoms with Crippen molar-refractivity contribution in [3.05, 3.63) is 53.9 Å². The minimum atomic E-state index is -1.27. The van der Waals surface area contributed by atoms with Crippen molar-refractivity contribution in [2.45, 2.75) is 56.5 Å². The molecule has 0 spiro atoms. The SMILES string of the molecule is CC(C)(CO)CNCc1ccc(Nc2ncc(S(=O)Cc3ncc(C(C)(C)C)o3)s2)cc1. The second-order valence-corrected chi connectivity index (χ2v) is 12.3. The number of oxazole rings is 1. The second-order valence-electron chi connectivity index (χ2n) is 9.59. The number of nitrogens with zero attached hydrogens (tertiary/aromatic N) is 2. The number of rotatable bonds is 10. The molecule has 0 saturated carbocycles. The quantitative estimate of drug-likeness (QED) is 0.393. The van der Waals surface area contributed by atoms with E-state index in [4.69, 9.17) is 4.42 Å². The van der Waals surface area contributed by atoms with Gasteiger partial charge in [0.2, 0.25) is 5.89 Å². The predicted octanol–water partition coefficient (Wildman–Crippen LogP) is 4.59. The van der Waals surface area contributed by atoms with Crippen LogP contribution < -0.4 is 10.6 Å². The highest BCUT2D eigenvalue weighted by Crippen LogP contribution is 2.28. The Balaban J connectivity index is 1.53. The Hall–Kier alpha value is -2.07. The third-order valence-electron chi connectivity index (χ3n) is 4.82. The number of hydrogen-bond donors (Lipinski definition) is 3. The van der Waals surface area contributed by atoms with Crippen LogP contribution in [0.4, 0.5) is 10.8 Å². The van der Waals surface area contributed by atoms with E-state index in [2.05, 4.69) is 41.4 Å². The summed E-state index contributed by atoms with van der Waals surface area (Å²) in [7, 11) is -1.27. The number of anilines is 2. The molecule has 0 saturated heterocycles. The highest BCUT2D eigenvalue weighted by Gasteiger charge is 2.21. The third kappa shape index (κ3) is 6.96. The molecule has 0 fully saturated rings. The molecular formula is C23H32N4O3S2. The van der Waals surface area contributed by atoms with E-state index >= 15 is 0 Å². The van der Waals surface area contributed by atoms with Gasteiger partial charge in [0, 0.05) is 36.2 Å². The lowest BCUT2D eigenvalue weighted by molar-refractivity contribution is 0.156. The number of aliphatic hydroxyl groups is 1. The molecule has 3 aromatic rings. The van der Waals surface area contributed by atoms with Crippen LogP contribution in [0.5, 0.6) is 0 Å². The van der Waals surface area contributed by atoms with Gasteiger partial charge in [0.25, 0.3) is 0 Å². The molecule has 1 aromatic carbocycles. The molecular weight excluding hydrogens is 444 g/mol. The van der Waals surface area contributed by atoms with Crippen molar-refractivity contribution >= 4 is 33.0 Å². The molecule has 2 aromatic heterocycles. The average molecular weight is 477 g/mol. The maximum absolute atomic E-state index is 12.7. The number of benzene rings is 1. The molecule has 0 aliphatic carbocycles. The Morgan fingerprint density at radius 3 is 2.44 bits per heavy atom. The Bertz CT molecular complexity index is 1040. The number of aliphatic hydroxyl groups excluding tert-OH is 1. The lowest BCUT2D eigenvalue weighted by Gasteiger charge is -2.21.